The standard InChI is InChI=1S/C14H14O2S/c1-3-16-12-6-4-5-11(9-12)14-8-7-13(17-14)10(2)15/h4-9H,3H2,1-2H3. The van der Waals surface area contributed by atoms with Gasteiger partial charge in [-0.15, -0.1) is 11.3 Å². The van der Waals surface area contributed by atoms with Gasteiger partial charge in [-0.2, -0.15) is 0 Å². The lowest BCUT2D eigenvalue weighted by Crippen LogP contribution is -1.90. The van der Waals surface area contributed by atoms with Crippen LogP contribution < -0.4 is 4.74 Å². The summed E-state index contributed by atoms with van der Waals surface area (Å²) in [6.07, 6.45) is 0. The van der Waals surface area contributed by atoms with Crippen molar-refractivity contribution in [2.75, 3.05) is 6.61 Å². The van der Waals surface area contributed by atoms with Gasteiger partial charge in [-0.3, -0.25) is 4.79 Å². The molecule has 0 aliphatic rings. The summed E-state index contributed by atoms with van der Waals surface area (Å²) < 4.78 is 5.46. The first-order chi connectivity index (χ1) is 8.20. The van der Waals surface area contributed by atoms with Gasteiger partial charge in [0.15, 0.2) is 5.78 Å². The molecule has 0 saturated carbocycles. The second-order valence-corrected chi connectivity index (χ2v) is 4.76. The van der Waals surface area contributed by atoms with Crippen molar-refractivity contribution in [3.05, 3.63) is 41.3 Å². The number of carbonyl (C=O) groups is 1. The summed E-state index contributed by atoms with van der Waals surface area (Å²) in [7, 11) is 0. The fourth-order valence-electron chi connectivity index (χ4n) is 1.59. The third-order valence-electron chi connectivity index (χ3n) is 2.38. The van der Waals surface area contributed by atoms with Gasteiger partial charge in [0.2, 0.25) is 0 Å². The summed E-state index contributed by atoms with van der Waals surface area (Å²) in [5, 5.41) is 0. The number of hydrogen-bond acceptors (Lipinski definition) is 3. The number of benzene rings is 1. The molecule has 0 atom stereocenters. The maximum absolute atomic E-state index is 11.2. The van der Waals surface area contributed by atoms with E-state index in [4.69, 9.17) is 4.74 Å². The molecule has 0 aliphatic heterocycles. The molecule has 0 N–H and O–H groups in total. The third-order valence-corrected chi connectivity index (χ3v) is 3.62. The molecule has 0 spiro atoms. The quantitative estimate of drug-likeness (QED) is 0.762. The van der Waals surface area contributed by atoms with Crippen molar-refractivity contribution < 1.29 is 9.53 Å². The Bertz CT molecular complexity index is 529. The fraction of sp³-hybridized carbons (Fsp3) is 0.214. The van der Waals surface area contributed by atoms with Crippen LogP contribution in [0.25, 0.3) is 10.4 Å². The molecule has 1 aromatic carbocycles. The van der Waals surface area contributed by atoms with Gasteiger partial charge in [-0.1, -0.05) is 12.1 Å². The van der Waals surface area contributed by atoms with Crippen molar-refractivity contribution in [1.82, 2.24) is 0 Å². The van der Waals surface area contributed by atoms with E-state index in [-0.39, 0.29) is 5.78 Å². The highest BCUT2D eigenvalue weighted by Crippen LogP contribution is 2.30. The Morgan fingerprint density at radius 2 is 2.12 bits per heavy atom. The van der Waals surface area contributed by atoms with Crippen LogP contribution in [0.15, 0.2) is 36.4 Å². The van der Waals surface area contributed by atoms with Gasteiger partial charge in [-0.05, 0) is 43.7 Å². The molecule has 1 aromatic heterocycles. The molecule has 2 rings (SSSR count). The smallest absolute Gasteiger partial charge is 0.169 e. The van der Waals surface area contributed by atoms with Crippen LogP contribution in [0.3, 0.4) is 0 Å². The van der Waals surface area contributed by atoms with E-state index in [2.05, 4.69) is 0 Å². The van der Waals surface area contributed by atoms with Crippen molar-refractivity contribution in [2.24, 2.45) is 0 Å². The Balaban J connectivity index is 2.31. The largest absolute Gasteiger partial charge is 0.494 e. The van der Waals surface area contributed by atoms with Crippen LogP contribution in [0.4, 0.5) is 0 Å². The molecule has 0 radical (unpaired) electrons. The molecular formula is C14H14O2S. The molecule has 1 heterocycles. The lowest BCUT2D eigenvalue weighted by atomic mass is 10.2. The van der Waals surface area contributed by atoms with Crippen molar-refractivity contribution in [2.45, 2.75) is 13.8 Å². The van der Waals surface area contributed by atoms with Crippen LogP contribution in [0, 0.1) is 0 Å². The molecule has 2 nitrogen and oxygen atoms in total. The van der Waals surface area contributed by atoms with E-state index in [1.54, 1.807) is 6.92 Å². The van der Waals surface area contributed by atoms with Crippen molar-refractivity contribution >= 4 is 17.1 Å². The minimum atomic E-state index is 0.113. The van der Waals surface area contributed by atoms with Crippen molar-refractivity contribution in [1.29, 1.82) is 0 Å². The fourth-order valence-corrected chi connectivity index (χ4v) is 2.49. The number of hydrogen-bond donors (Lipinski definition) is 0. The first-order valence-corrected chi connectivity index (χ1v) is 6.36. The number of carbonyl (C=O) groups excluding carboxylic acids is 1. The Labute approximate surface area is 105 Å². The second kappa shape index (κ2) is 5.15. The Hall–Kier alpha value is -1.61. The highest BCUT2D eigenvalue weighted by Gasteiger charge is 2.06. The Kier molecular flexibility index (Phi) is 3.59. The number of Topliss-reactive ketones (excluding diaryl/α,β-unsaturated/α-hetero) is 1. The molecule has 0 fully saturated rings. The van der Waals surface area contributed by atoms with Crippen LogP contribution in [-0.4, -0.2) is 12.4 Å². The number of ketones is 1. The zero-order valence-electron chi connectivity index (χ0n) is 9.90. The average Bonchev–Trinajstić information content (AvgIpc) is 2.79. The van der Waals surface area contributed by atoms with Gasteiger partial charge in [0.1, 0.15) is 5.75 Å². The van der Waals surface area contributed by atoms with Gasteiger partial charge in [0, 0.05) is 4.88 Å². The Morgan fingerprint density at radius 3 is 2.76 bits per heavy atom. The van der Waals surface area contributed by atoms with Crippen molar-refractivity contribution in [3.8, 4) is 16.2 Å². The van der Waals surface area contributed by atoms with Gasteiger partial charge in [-0.25, -0.2) is 0 Å². The van der Waals surface area contributed by atoms with Gasteiger partial charge in [0.25, 0.3) is 0 Å². The molecule has 2 aromatic rings. The normalized spacial score (nSPS) is 10.2. The van der Waals surface area contributed by atoms with Crippen LogP contribution in [0.2, 0.25) is 0 Å². The predicted octanol–water partition coefficient (Wildman–Crippen LogP) is 4.02. The molecule has 0 amide bonds. The van der Waals surface area contributed by atoms with E-state index in [0.717, 1.165) is 21.1 Å². The predicted molar refractivity (Wildman–Crippen MR) is 70.9 cm³/mol. The maximum Gasteiger partial charge on any atom is 0.169 e. The van der Waals surface area contributed by atoms with Gasteiger partial charge >= 0.3 is 0 Å². The zero-order valence-corrected chi connectivity index (χ0v) is 10.7. The van der Waals surface area contributed by atoms with Crippen LogP contribution >= 0.6 is 11.3 Å². The molecule has 0 unspecified atom stereocenters. The average molecular weight is 246 g/mol. The van der Waals surface area contributed by atoms with Gasteiger partial charge < -0.3 is 4.74 Å². The molecule has 88 valence electrons. The van der Waals surface area contributed by atoms with E-state index in [9.17, 15) is 4.79 Å². The summed E-state index contributed by atoms with van der Waals surface area (Å²) in [6, 6.07) is 11.8. The number of rotatable bonds is 4. The number of thiophene rings is 1. The van der Waals surface area contributed by atoms with E-state index in [0.29, 0.717) is 6.61 Å². The first kappa shape index (κ1) is 11.9. The monoisotopic (exact) mass is 246 g/mol. The highest BCUT2D eigenvalue weighted by molar-refractivity contribution is 7.17. The van der Waals surface area contributed by atoms with Crippen LogP contribution in [0.1, 0.15) is 23.5 Å². The minimum absolute atomic E-state index is 0.113. The van der Waals surface area contributed by atoms with Crippen molar-refractivity contribution in [3.63, 3.8) is 0 Å². The molecule has 3 heteroatoms. The summed E-state index contributed by atoms with van der Waals surface area (Å²) in [6.45, 7) is 4.21. The van der Waals surface area contributed by atoms with Crippen LogP contribution in [0.5, 0.6) is 5.75 Å². The molecule has 0 bridgehead atoms. The SMILES string of the molecule is CCOc1cccc(-c2ccc(C(C)=O)s2)c1. The maximum atomic E-state index is 11.2. The third kappa shape index (κ3) is 2.74. The van der Waals surface area contributed by atoms with E-state index >= 15 is 0 Å². The van der Waals surface area contributed by atoms with E-state index < -0.39 is 0 Å². The summed E-state index contributed by atoms with van der Waals surface area (Å²) >= 11 is 1.52. The van der Waals surface area contributed by atoms with Crippen LogP contribution in [-0.2, 0) is 0 Å². The molecule has 0 saturated heterocycles. The van der Waals surface area contributed by atoms with Gasteiger partial charge in [0.05, 0.1) is 11.5 Å². The zero-order chi connectivity index (χ0) is 12.3. The summed E-state index contributed by atoms with van der Waals surface area (Å²) in [5.74, 6) is 0.977. The molecule has 0 aliphatic carbocycles. The topological polar surface area (TPSA) is 26.3 Å². The lowest BCUT2D eigenvalue weighted by molar-refractivity contribution is 0.102. The second-order valence-electron chi connectivity index (χ2n) is 3.68. The highest BCUT2D eigenvalue weighted by atomic mass is 32.1. The first-order valence-electron chi connectivity index (χ1n) is 5.54. The summed E-state index contributed by atoms with van der Waals surface area (Å²) in [5.41, 5.74) is 1.09. The number of ether oxygens (including phenoxy) is 1. The van der Waals surface area contributed by atoms with E-state index in [1.807, 2.05) is 43.3 Å². The lowest BCUT2D eigenvalue weighted by Gasteiger charge is -2.04. The molecule has 17 heavy (non-hydrogen) atoms. The molecular weight excluding hydrogens is 232 g/mol. The Morgan fingerprint density at radius 1 is 1.29 bits per heavy atom. The summed E-state index contributed by atoms with van der Waals surface area (Å²) in [4.78, 5) is 13.1. The minimum Gasteiger partial charge on any atom is -0.494 e. The van der Waals surface area contributed by atoms with E-state index in [1.165, 1.54) is 11.3 Å².